The summed E-state index contributed by atoms with van der Waals surface area (Å²) in [6, 6.07) is 9.13. The minimum Gasteiger partial charge on any atom is -0.349 e. The summed E-state index contributed by atoms with van der Waals surface area (Å²) in [7, 11) is -4.45. The van der Waals surface area contributed by atoms with Gasteiger partial charge in [-0.15, -0.1) is 0 Å². The van der Waals surface area contributed by atoms with Crippen molar-refractivity contribution in [1.29, 1.82) is 0 Å². The Labute approximate surface area is 177 Å². The first-order valence-electron chi connectivity index (χ1n) is 9.73. The zero-order chi connectivity index (χ0) is 22.6. The van der Waals surface area contributed by atoms with Gasteiger partial charge in [0.05, 0.1) is 22.5 Å². The zero-order valence-electron chi connectivity index (χ0n) is 16.5. The molecule has 0 aromatic heterocycles. The van der Waals surface area contributed by atoms with Crippen LogP contribution < -0.4 is 10.0 Å². The van der Waals surface area contributed by atoms with E-state index in [0.717, 1.165) is 42.2 Å². The lowest BCUT2D eigenvalue weighted by atomic mass is 9.87. The van der Waals surface area contributed by atoms with Crippen molar-refractivity contribution < 1.29 is 30.8 Å². The number of alkyl halides is 4. The minimum atomic E-state index is -4.72. The van der Waals surface area contributed by atoms with Crippen LogP contribution in [-0.2, 0) is 27.4 Å². The van der Waals surface area contributed by atoms with Crippen LogP contribution in [0.15, 0.2) is 53.4 Å². The maximum Gasteiger partial charge on any atom is 0.416 e. The molecule has 2 aromatic carbocycles. The quantitative estimate of drug-likeness (QED) is 0.618. The Morgan fingerprint density at radius 1 is 1.13 bits per heavy atom. The van der Waals surface area contributed by atoms with Crippen LogP contribution >= 0.6 is 0 Å². The lowest BCUT2D eigenvalue weighted by Gasteiger charge is -2.27. The van der Waals surface area contributed by atoms with Crippen LogP contribution in [0.5, 0.6) is 0 Å². The highest BCUT2D eigenvalue weighted by Gasteiger charge is 2.32. The highest BCUT2D eigenvalue weighted by atomic mass is 32.2. The van der Waals surface area contributed by atoms with Crippen LogP contribution in [0.4, 0.5) is 17.6 Å². The lowest BCUT2D eigenvalue weighted by molar-refractivity contribution is -0.137. The molecule has 3 rings (SSSR count). The second-order valence-electron chi connectivity index (χ2n) is 7.41. The van der Waals surface area contributed by atoms with Gasteiger partial charge in [0.15, 0.2) is 0 Å². The summed E-state index contributed by atoms with van der Waals surface area (Å²) in [4.78, 5) is 11.8. The molecule has 168 valence electrons. The van der Waals surface area contributed by atoms with Crippen LogP contribution in [0.2, 0.25) is 0 Å². The smallest absolute Gasteiger partial charge is 0.349 e. The van der Waals surface area contributed by atoms with Crippen LogP contribution in [0, 0.1) is 0 Å². The molecule has 5 nitrogen and oxygen atoms in total. The fourth-order valence-corrected chi connectivity index (χ4v) is 4.90. The van der Waals surface area contributed by atoms with E-state index in [0.29, 0.717) is 12.5 Å². The Hall–Kier alpha value is -2.46. The van der Waals surface area contributed by atoms with Crippen molar-refractivity contribution in [3.63, 3.8) is 0 Å². The van der Waals surface area contributed by atoms with E-state index in [9.17, 15) is 30.8 Å². The van der Waals surface area contributed by atoms with Gasteiger partial charge in [-0.2, -0.15) is 13.2 Å². The van der Waals surface area contributed by atoms with E-state index in [2.05, 4.69) is 5.32 Å². The van der Waals surface area contributed by atoms with Crippen LogP contribution in [0.25, 0.3) is 0 Å². The Morgan fingerprint density at radius 2 is 1.87 bits per heavy atom. The largest absolute Gasteiger partial charge is 0.416 e. The van der Waals surface area contributed by atoms with E-state index >= 15 is 0 Å². The van der Waals surface area contributed by atoms with Crippen LogP contribution in [-0.4, -0.2) is 27.0 Å². The van der Waals surface area contributed by atoms with Gasteiger partial charge in [0.25, 0.3) is 0 Å². The first kappa shape index (κ1) is 23.2. The number of hydrogen-bond acceptors (Lipinski definition) is 3. The predicted molar refractivity (Wildman–Crippen MR) is 106 cm³/mol. The predicted octanol–water partition coefficient (Wildman–Crippen LogP) is 3.91. The molecule has 1 aliphatic carbocycles. The molecule has 0 bridgehead atoms. The Morgan fingerprint density at radius 3 is 2.58 bits per heavy atom. The van der Waals surface area contributed by atoms with Crippen LogP contribution in [0.1, 0.15) is 42.0 Å². The number of halogens is 4. The van der Waals surface area contributed by atoms with Crippen molar-refractivity contribution in [2.75, 3.05) is 6.67 Å². The maximum absolute atomic E-state index is 13.5. The summed E-state index contributed by atoms with van der Waals surface area (Å²) in [6.07, 6.45) is -2.73. The monoisotopic (exact) mass is 458 g/mol. The first-order valence-corrected chi connectivity index (χ1v) is 11.2. The van der Waals surface area contributed by atoms with Gasteiger partial charge in [-0.05, 0) is 48.6 Å². The van der Waals surface area contributed by atoms with Crippen molar-refractivity contribution in [2.24, 2.45) is 0 Å². The Bertz CT molecular complexity index is 1040. The molecule has 31 heavy (non-hydrogen) atoms. The molecule has 0 aliphatic heterocycles. The molecule has 2 unspecified atom stereocenters. The number of carbonyl (C=O) groups excluding carboxylic acids is 1. The SMILES string of the molecule is O=C(CC(CF)NS(=O)(=O)c1cccc(C(F)(F)F)c1)NC1CCCc2ccccc21. The average Bonchev–Trinajstić information content (AvgIpc) is 2.73. The summed E-state index contributed by atoms with van der Waals surface area (Å²) in [6.45, 7) is -1.19. The fourth-order valence-electron chi connectivity index (χ4n) is 3.64. The number of rotatable bonds is 7. The van der Waals surface area contributed by atoms with E-state index in [1.54, 1.807) is 0 Å². The van der Waals surface area contributed by atoms with Gasteiger partial charge >= 0.3 is 6.18 Å². The summed E-state index contributed by atoms with van der Waals surface area (Å²) >= 11 is 0. The van der Waals surface area contributed by atoms with E-state index in [4.69, 9.17) is 0 Å². The van der Waals surface area contributed by atoms with Gasteiger partial charge in [0.1, 0.15) is 6.67 Å². The third-order valence-corrected chi connectivity index (χ3v) is 6.63. The maximum atomic E-state index is 13.5. The third-order valence-electron chi connectivity index (χ3n) is 5.12. The summed E-state index contributed by atoms with van der Waals surface area (Å²) in [5.74, 6) is -0.545. The number of sulfonamides is 1. The average molecular weight is 458 g/mol. The Balaban J connectivity index is 1.67. The number of fused-ring (bicyclic) bond motifs is 1. The second-order valence-corrected chi connectivity index (χ2v) is 9.13. The molecule has 0 heterocycles. The van der Waals surface area contributed by atoms with Gasteiger partial charge in [-0.3, -0.25) is 4.79 Å². The van der Waals surface area contributed by atoms with Crippen LogP contribution in [0.3, 0.4) is 0 Å². The number of benzene rings is 2. The molecular weight excluding hydrogens is 436 g/mol. The topological polar surface area (TPSA) is 75.3 Å². The van der Waals surface area contributed by atoms with Gasteiger partial charge < -0.3 is 5.32 Å². The highest BCUT2D eigenvalue weighted by Crippen LogP contribution is 2.31. The number of hydrogen-bond donors (Lipinski definition) is 2. The van der Waals surface area contributed by atoms with E-state index < -0.39 is 51.7 Å². The van der Waals surface area contributed by atoms with Gasteiger partial charge in [0, 0.05) is 6.42 Å². The molecule has 2 atom stereocenters. The molecule has 0 saturated heterocycles. The molecular formula is C21H22F4N2O3S. The van der Waals surface area contributed by atoms with Crippen molar-refractivity contribution in [2.45, 2.75) is 48.8 Å². The molecule has 0 spiro atoms. The number of carbonyl (C=O) groups is 1. The molecule has 10 heteroatoms. The van der Waals surface area contributed by atoms with E-state index in [1.165, 1.54) is 0 Å². The number of amides is 1. The highest BCUT2D eigenvalue weighted by molar-refractivity contribution is 7.89. The molecule has 1 amide bonds. The van der Waals surface area contributed by atoms with Crippen molar-refractivity contribution in [3.8, 4) is 0 Å². The molecule has 2 N–H and O–H groups in total. The molecule has 0 fully saturated rings. The van der Waals surface area contributed by atoms with Gasteiger partial charge in [-0.1, -0.05) is 30.3 Å². The fraction of sp³-hybridized carbons (Fsp3) is 0.381. The second kappa shape index (κ2) is 9.35. The standard InChI is InChI=1S/C21H22F4N2O3S/c22-13-16(27-31(29,30)17-8-4-7-15(11-17)21(23,24)25)12-20(28)26-19-10-3-6-14-5-1-2-9-18(14)19/h1-2,4-5,7-9,11,16,19,27H,3,6,10,12-13H2,(H,26,28). The Kier molecular flexibility index (Phi) is 7.00. The number of aryl methyl sites for hydroxylation is 1. The summed E-state index contributed by atoms with van der Waals surface area (Å²) < 4.78 is 78.9. The summed E-state index contributed by atoms with van der Waals surface area (Å²) in [5.41, 5.74) is 0.954. The van der Waals surface area contributed by atoms with Crippen molar-refractivity contribution in [1.82, 2.24) is 10.0 Å². The lowest BCUT2D eigenvalue weighted by Crippen LogP contribution is -2.41. The van der Waals surface area contributed by atoms with E-state index in [1.807, 2.05) is 29.0 Å². The molecule has 1 aliphatic rings. The first-order chi connectivity index (χ1) is 14.6. The molecule has 0 radical (unpaired) electrons. The van der Waals surface area contributed by atoms with Gasteiger partial charge in [-0.25, -0.2) is 17.5 Å². The molecule has 2 aromatic rings. The summed E-state index contributed by atoms with van der Waals surface area (Å²) in [5, 5.41) is 2.81. The normalized spacial score (nSPS) is 17.6. The minimum absolute atomic E-state index is 0.252. The number of nitrogens with one attached hydrogen (secondary N) is 2. The van der Waals surface area contributed by atoms with Crippen molar-refractivity contribution >= 4 is 15.9 Å². The van der Waals surface area contributed by atoms with Gasteiger partial charge in [0.2, 0.25) is 15.9 Å². The van der Waals surface area contributed by atoms with Crippen molar-refractivity contribution in [3.05, 3.63) is 65.2 Å². The molecule has 0 saturated carbocycles. The van der Waals surface area contributed by atoms with E-state index in [-0.39, 0.29) is 6.04 Å². The third kappa shape index (κ3) is 5.82. The zero-order valence-corrected chi connectivity index (χ0v) is 17.3.